The fraction of sp³-hybridized carbons (Fsp3) is 0.0556. The molecule has 8 nitrogen and oxygen atoms in total. The van der Waals surface area contributed by atoms with Gasteiger partial charge in [0.15, 0.2) is 11.7 Å². The molecule has 142 valence electrons. The Balaban J connectivity index is 1.71. The largest absolute Gasteiger partial charge is 0.482 e. The average Bonchev–Trinajstić information content (AvgIpc) is 2.67. The number of halogens is 1. The number of pyridine rings is 1. The molecule has 0 aliphatic carbocycles. The lowest BCUT2D eigenvalue weighted by atomic mass is 10.1. The molecule has 0 aliphatic heterocycles. The van der Waals surface area contributed by atoms with Gasteiger partial charge >= 0.3 is 0 Å². The van der Waals surface area contributed by atoms with E-state index in [2.05, 4.69) is 15.6 Å². The zero-order valence-electron chi connectivity index (χ0n) is 14.2. The fourth-order valence-electron chi connectivity index (χ4n) is 2.44. The quantitative estimate of drug-likeness (QED) is 0.371. The van der Waals surface area contributed by atoms with Crippen molar-refractivity contribution < 1.29 is 14.5 Å². The molecule has 0 spiro atoms. The number of fused-ring (bicyclic) bond motifs is 1. The summed E-state index contributed by atoms with van der Waals surface area (Å²) in [5, 5.41) is 17.2. The molecule has 3 rings (SSSR count). The van der Waals surface area contributed by atoms with Gasteiger partial charge in [-0.1, -0.05) is 23.7 Å². The van der Waals surface area contributed by atoms with E-state index in [1.807, 2.05) is 0 Å². The number of carbonyl (C=O) groups excluding carboxylic acids is 1. The highest BCUT2D eigenvalue weighted by atomic mass is 35.5. The Bertz CT molecular complexity index is 1080. The number of ether oxygens (including phenoxy) is 1. The number of hydrogen-bond donors (Lipinski definition) is 2. The van der Waals surface area contributed by atoms with Gasteiger partial charge in [0.2, 0.25) is 0 Å². The molecule has 0 radical (unpaired) electrons. The maximum Gasteiger partial charge on any atom is 0.293 e. The molecular formula is C18H13ClN4O4S. The van der Waals surface area contributed by atoms with E-state index in [1.54, 1.807) is 42.6 Å². The molecule has 28 heavy (non-hydrogen) atoms. The molecule has 1 heterocycles. The maximum atomic E-state index is 12.1. The SMILES string of the molecule is O=C(COc1ccccc1Cl)NC(=S)Nc1c([N+](=O)[O-])ccc2ncccc12. The number of hydrogen-bond acceptors (Lipinski definition) is 6. The molecule has 0 unspecified atom stereocenters. The Morgan fingerprint density at radius 2 is 2.00 bits per heavy atom. The Hall–Kier alpha value is -3.30. The van der Waals surface area contributed by atoms with Crippen molar-refractivity contribution in [2.45, 2.75) is 0 Å². The number of nitro groups is 1. The predicted octanol–water partition coefficient (Wildman–Crippen LogP) is 3.69. The van der Waals surface area contributed by atoms with Gasteiger partial charge in [-0.2, -0.15) is 0 Å². The summed E-state index contributed by atoms with van der Waals surface area (Å²) < 4.78 is 5.33. The molecule has 0 bridgehead atoms. The third kappa shape index (κ3) is 4.51. The number of nitrogens with one attached hydrogen (secondary N) is 2. The maximum absolute atomic E-state index is 12.1. The van der Waals surface area contributed by atoms with Crippen LogP contribution in [-0.2, 0) is 4.79 Å². The van der Waals surface area contributed by atoms with Gasteiger partial charge in [0.1, 0.15) is 11.4 Å². The molecule has 3 aromatic rings. The van der Waals surface area contributed by atoms with Crippen LogP contribution in [0.5, 0.6) is 5.75 Å². The van der Waals surface area contributed by atoms with Crippen LogP contribution in [0.4, 0.5) is 11.4 Å². The van der Waals surface area contributed by atoms with Crippen LogP contribution in [0.3, 0.4) is 0 Å². The normalized spacial score (nSPS) is 10.3. The van der Waals surface area contributed by atoms with E-state index in [0.717, 1.165) is 0 Å². The number of benzene rings is 2. The number of carbonyl (C=O) groups is 1. The second kappa shape index (κ2) is 8.59. The number of amides is 1. The van der Waals surface area contributed by atoms with Crippen molar-refractivity contribution in [1.82, 2.24) is 10.3 Å². The molecule has 10 heteroatoms. The predicted molar refractivity (Wildman–Crippen MR) is 110 cm³/mol. The van der Waals surface area contributed by atoms with E-state index < -0.39 is 10.8 Å². The van der Waals surface area contributed by atoms with E-state index in [-0.39, 0.29) is 23.1 Å². The van der Waals surface area contributed by atoms with E-state index in [1.165, 1.54) is 12.1 Å². The first kappa shape index (κ1) is 19.5. The number of nitrogens with zero attached hydrogens (tertiary/aromatic N) is 2. The Morgan fingerprint density at radius 1 is 1.21 bits per heavy atom. The number of para-hydroxylation sites is 1. The van der Waals surface area contributed by atoms with Gasteiger partial charge < -0.3 is 10.1 Å². The molecular weight excluding hydrogens is 404 g/mol. The summed E-state index contributed by atoms with van der Waals surface area (Å²) in [6.45, 7) is -0.329. The lowest BCUT2D eigenvalue weighted by Crippen LogP contribution is -2.37. The highest BCUT2D eigenvalue weighted by Gasteiger charge is 2.19. The van der Waals surface area contributed by atoms with E-state index >= 15 is 0 Å². The van der Waals surface area contributed by atoms with Gasteiger partial charge in [0.25, 0.3) is 11.6 Å². The summed E-state index contributed by atoms with van der Waals surface area (Å²) in [6.07, 6.45) is 1.57. The zero-order chi connectivity index (χ0) is 20.1. The van der Waals surface area contributed by atoms with Crippen LogP contribution in [-0.4, -0.2) is 27.5 Å². The summed E-state index contributed by atoms with van der Waals surface area (Å²) in [4.78, 5) is 27.0. The standard InChI is InChI=1S/C18H13ClN4O4S/c19-12-5-1-2-6-15(12)27-10-16(24)21-18(28)22-17-11-4-3-9-20-13(11)7-8-14(17)23(25)26/h1-9H,10H2,(H2,21,22,24,28). The minimum atomic E-state index is -0.543. The number of nitro benzene ring substituents is 1. The monoisotopic (exact) mass is 416 g/mol. The first-order valence-electron chi connectivity index (χ1n) is 7.96. The van der Waals surface area contributed by atoms with Crippen LogP contribution in [0.25, 0.3) is 10.9 Å². The third-order valence-electron chi connectivity index (χ3n) is 3.65. The van der Waals surface area contributed by atoms with Crippen LogP contribution in [0.15, 0.2) is 54.7 Å². The highest BCUT2D eigenvalue weighted by Crippen LogP contribution is 2.32. The molecule has 0 saturated carbocycles. The molecule has 0 aliphatic rings. The van der Waals surface area contributed by atoms with Crippen LogP contribution in [0.2, 0.25) is 5.02 Å². The van der Waals surface area contributed by atoms with Gasteiger partial charge in [-0.3, -0.25) is 25.2 Å². The molecule has 1 amide bonds. The Morgan fingerprint density at radius 3 is 2.75 bits per heavy atom. The van der Waals surface area contributed by atoms with Gasteiger partial charge in [-0.15, -0.1) is 0 Å². The van der Waals surface area contributed by atoms with Crippen molar-refractivity contribution in [3.05, 3.63) is 69.9 Å². The van der Waals surface area contributed by atoms with Crippen molar-refractivity contribution >= 4 is 57.1 Å². The van der Waals surface area contributed by atoms with Crippen molar-refractivity contribution in [2.75, 3.05) is 11.9 Å². The van der Waals surface area contributed by atoms with Crippen LogP contribution < -0.4 is 15.4 Å². The molecule has 1 aromatic heterocycles. The van der Waals surface area contributed by atoms with E-state index in [9.17, 15) is 14.9 Å². The van der Waals surface area contributed by atoms with Gasteiger partial charge in [-0.05, 0) is 42.5 Å². The second-order valence-corrected chi connectivity index (χ2v) is 6.32. The van der Waals surface area contributed by atoms with E-state index in [0.29, 0.717) is 21.7 Å². The lowest BCUT2D eigenvalue weighted by Gasteiger charge is -2.12. The van der Waals surface area contributed by atoms with Crippen LogP contribution in [0, 0.1) is 10.1 Å². The molecule has 0 fully saturated rings. The summed E-state index contributed by atoms with van der Waals surface area (Å²) in [7, 11) is 0. The minimum Gasteiger partial charge on any atom is -0.482 e. The smallest absolute Gasteiger partial charge is 0.293 e. The first-order valence-corrected chi connectivity index (χ1v) is 8.74. The summed E-state index contributed by atoms with van der Waals surface area (Å²) >= 11 is 11.1. The summed E-state index contributed by atoms with van der Waals surface area (Å²) in [5.74, 6) is -0.188. The van der Waals surface area contributed by atoms with Gasteiger partial charge in [-0.25, -0.2) is 0 Å². The van der Waals surface area contributed by atoms with Crippen molar-refractivity contribution in [3.8, 4) is 5.75 Å². The van der Waals surface area contributed by atoms with Crippen molar-refractivity contribution in [2.24, 2.45) is 0 Å². The van der Waals surface area contributed by atoms with Crippen molar-refractivity contribution in [3.63, 3.8) is 0 Å². The summed E-state index contributed by atoms with van der Waals surface area (Å²) in [6, 6.07) is 12.9. The Labute approximate surface area is 169 Å². The minimum absolute atomic E-state index is 0.104. The first-order chi connectivity index (χ1) is 13.5. The number of thiocarbonyl (C=S) groups is 1. The number of rotatable bonds is 5. The zero-order valence-corrected chi connectivity index (χ0v) is 15.8. The molecule has 0 atom stereocenters. The molecule has 2 N–H and O–H groups in total. The Kier molecular flexibility index (Phi) is 5.97. The van der Waals surface area contributed by atoms with E-state index in [4.69, 9.17) is 28.6 Å². The lowest BCUT2D eigenvalue weighted by molar-refractivity contribution is -0.383. The fourth-order valence-corrected chi connectivity index (χ4v) is 2.84. The molecule has 0 saturated heterocycles. The topological polar surface area (TPSA) is 106 Å². The number of aromatic nitrogens is 1. The summed E-state index contributed by atoms with van der Waals surface area (Å²) in [5.41, 5.74) is 0.504. The van der Waals surface area contributed by atoms with Crippen LogP contribution in [0.1, 0.15) is 0 Å². The third-order valence-corrected chi connectivity index (χ3v) is 4.16. The highest BCUT2D eigenvalue weighted by molar-refractivity contribution is 7.80. The second-order valence-electron chi connectivity index (χ2n) is 5.51. The average molecular weight is 417 g/mol. The number of anilines is 1. The van der Waals surface area contributed by atoms with Gasteiger partial charge in [0.05, 0.1) is 15.5 Å². The van der Waals surface area contributed by atoms with Crippen molar-refractivity contribution in [1.29, 1.82) is 0 Å². The van der Waals surface area contributed by atoms with Gasteiger partial charge in [0, 0.05) is 17.6 Å². The van der Waals surface area contributed by atoms with Crippen LogP contribution >= 0.6 is 23.8 Å². The molecule has 2 aromatic carbocycles.